The Bertz CT molecular complexity index is 187. The Balaban J connectivity index is 3.55. The number of esters is 1. The van der Waals surface area contributed by atoms with Crippen LogP contribution in [0.1, 0.15) is 26.7 Å². The molecular formula is C12H25NO4. The predicted octanol–water partition coefficient (Wildman–Crippen LogP) is 0.660. The van der Waals surface area contributed by atoms with Crippen molar-refractivity contribution in [1.82, 2.24) is 4.90 Å². The molecule has 0 amide bonds. The summed E-state index contributed by atoms with van der Waals surface area (Å²) in [6.07, 6.45) is 2.24. The maximum atomic E-state index is 11.0. The number of aliphatic hydroxyl groups excluding tert-OH is 1. The van der Waals surface area contributed by atoms with E-state index < -0.39 is 0 Å². The van der Waals surface area contributed by atoms with Crippen LogP contribution in [0.4, 0.5) is 0 Å². The highest BCUT2D eigenvalue weighted by atomic mass is 16.6. The molecule has 0 atom stereocenters. The lowest BCUT2D eigenvalue weighted by molar-refractivity contribution is -0.148. The number of rotatable bonds is 11. The third kappa shape index (κ3) is 10.2. The molecule has 0 bridgehead atoms. The van der Waals surface area contributed by atoms with E-state index in [1.165, 1.54) is 0 Å². The number of carbonyl (C=O) groups excluding carboxylic acids is 1. The zero-order valence-electron chi connectivity index (χ0n) is 11.0. The van der Waals surface area contributed by atoms with Gasteiger partial charge >= 0.3 is 5.97 Å². The van der Waals surface area contributed by atoms with E-state index in [4.69, 9.17) is 14.6 Å². The number of carbonyl (C=O) groups is 1. The highest BCUT2D eigenvalue weighted by Gasteiger charge is 2.05. The van der Waals surface area contributed by atoms with Crippen molar-refractivity contribution in [3.8, 4) is 0 Å². The Morgan fingerprint density at radius 3 is 2.59 bits per heavy atom. The second-order valence-corrected chi connectivity index (χ2v) is 3.78. The van der Waals surface area contributed by atoms with Crippen molar-refractivity contribution in [3.63, 3.8) is 0 Å². The number of hydrogen-bond donors (Lipinski definition) is 1. The van der Waals surface area contributed by atoms with Crippen molar-refractivity contribution in [3.05, 3.63) is 0 Å². The third-order valence-electron chi connectivity index (χ3n) is 2.32. The predicted molar refractivity (Wildman–Crippen MR) is 65.9 cm³/mol. The molecule has 0 aromatic rings. The molecule has 1 N–H and O–H groups in total. The van der Waals surface area contributed by atoms with Gasteiger partial charge in [-0.3, -0.25) is 4.90 Å². The molecule has 0 rings (SSSR count). The van der Waals surface area contributed by atoms with Gasteiger partial charge in [-0.2, -0.15) is 0 Å². The second kappa shape index (κ2) is 11.8. The van der Waals surface area contributed by atoms with Gasteiger partial charge in [0.2, 0.25) is 0 Å². The summed E-state index contributed by atoms with van der Waals surface area (Å²) in [5, 5.41) is 8.89. The molecule has 5 nitrogen and oxygen atoms in total. The van der Waals surface area contributed by atoms with Gasteiger partial charge in [0.1, 0.15) is 6.61 Å². The number of aliphatic hydroxyl groups is 1. The van der Waals surface area contributed by atoms with Crippen molar-refractivity contribution in [1.29, 1.82) is 0 Å². The molecule has 0 saturated carbocycles. The highest BCUT2D eigenvalue weighted by molar-refractivity contribution is 5.70. The maximum Gasteiger partial charge on any atom is 0.332 e. The normalized spacial score (nSPS) is 10.8. The topological polar surface area (TPSA) is 59.0 Å². The monoisotopic (exact) mass is 247 g/mol. The summed E-state index contributed by atoms with van der Waals surface area (Å²) < 4.78 is 9.95. The lowest BCUT2D eigenvalue weighted by Crippen LogP contribution is -2.32. The SMILES string of the molecule is CCCCN(CCO)CCOCC(=O)OCC. The van der Waals surface area contributed by atoms with E-state index in [1.807, 2.05) is 0 Å². The summed E-state index contributed by atoms with van der Waals surface area (Å²) >= 11 is 0. The highest BCUT2D eigenvalue weighted by Crippen LogP contribution is 1.95. The van der Waals surface area contributed by atoms with Crippen molar-refractivity contribution in [2.75, 3.05) is 46.1 Å². The molecule has 0 heterocycles. The van der Waals surface area contributed by atoms with Crippen LogP contribution in [0.3, 0.4) is 0 Å². The van der Waals surface area contributed by atoms with Crippen LogP contribution in [0.25, 0.3) is 0 Å². The van der Waals surface area contributed by atoms with E-state index >= 15 is 0 Å². The minimum absolute atomic E-state index is 0.00851. The number of ether oxygens (including phenoxy) is 2. The zero-order chi connectivity index (χ0) is 12.9. The van der Waals surface area contributed by atoms with Gasteiger partial charge in [-0.1, -0.05) is 13.3 Å². The van der Waals surface area contributed by atoms with Gasteiger partial charge in [0, 0.05) is 13.1 Å². The average molecular weight is 247 g/mol. The zero-order valence-corrected chi connectivity index (χ0v) is 11.0. The maximum absolute atomic E-state index is 11.0. The van der Waals surface area contributed by atoms with Gasteiger partial charge < -0.3 is 14.6 Å². The molecule has 0 aliphatic carbocycles. The summed E-state index contributed by atoms with van der Waals surface area (Å²) in [5.41, 5.74) is 0. The van der Waals surface area contributed by atoms with Crippen LogP contribution in [-0.4, -0.2) is 62.0 Å². The van der Waals surface area contributed by atoms with Crippen LogP contribution in [0.15, 0.2) is 0 Å². The minimum atomic E-state index is -0.324. The van der Waals surface area contributed by atoms with Gasteiger partial charge in [-0.25, -0.2) is 4.79 Å². The molecule has 0 saturated heterocycles. The Kier molecular flexibility index (Phi) is 11.4. The van der Waals surface area contributed by atoms with Crippen LogP contribution in [-0.2, 0) is 14.3 Å². The van der Waals surface area contributed by atoms with Gasteiger partial charge in [-0.15, -0.1) is 0 Å². The first-order chi connectivity index (χ1) is 8.24. The molecule has 0 radical (unpaired) electrons. The Morgan fingerprint density at radius 2 is 2.00 bits per heavy atom. The quantitative estimate of drug-likeness (QED) is 0.429. The van der Waals surface area contributed by atoms with Crippen molar-refractivity contribution in [2.45, 2.75) is 26.7 Å². The first kappa shape index (κ1) is 16.4. The number of nitrogens with zero attached hydrogens (tertiary/aromatic N) is 1. The molecule has 5 heteroatoms. The molecule has 0 aromatic heterocycles. The molecule has 102 valence electrons. The van der Waals surface area contributed by atoms with E-state index in [2.05, 4.69) is 11.8 Å². The van der Waals surface area contributed by atoms with Crippen molar-refractivity contribution in [2.24, 2.45) is 0 Å². The molecule has 0 aromatic carbocycles. The van der Waals surface area contributed by atoms with Crippen LogP contribution in [0.5, 0.6) is 0 Å². The van der Waals surface area contributed by atoms with E-state index in [1.54, 1.807) is 6.92 Å². The Hall–Kier alpha value is -0.650. The van der Waals surface area contributed by atoms with E-state index in [-0.39, 0.29) is 19.2 Å². The largest absolute Gasteiger partial charge is 0.464 e. The Labute approximate surface area is 104 Å². The van der Waals surface area contributed by atoms with Crippen LogP contribution >= 0.6 is 0 Å². The first-order valence-corrected chi connectivity index (χ1v) is 6.31. The summed E-state index contributed by atoms with van der Waals surface area (Å²) in [7, 11) is 0. The lowest BCUT2D eigenvalue weighted by Gasteiger charge is -2.20. The molecule has 0 aliphatic heterocycles. The molecule has 0 spiro atoms. The molecule has 0 aliphatic rings. The van der Waals surface area contributed by atoms with Gasteiger partial charge in [0.15, 0.2) is 0 Å². The van der Waals surface area contributed by atoms with E-state index in [0.717, 1.165) is 25.9 Å². The van der Waals surface area contributed by atoms with Gasteiger partial charge in [0.25, 0.3) is 0 Å². The van der Waals surface area contributed by atoms with Crippen LogP contribution in [0.2, 0.25) is 0 Å². The number of hydrogen-bond acceptors (Lipinski definition) is 5. The fourth-order valence-corrected chi connectivity index (χ4v) is 1.41. The second-order valence-electron chi connectivity index (χ2n) is 3.78. The number of unbranched alkanes of at least 4 members (excludes halogenated alkanes) is 1. The first-order valence-electron chi connectivity index (χ1n) is 6.31. The van der Waals surface area contributed by atoms with Crippen molar-refractivity contribution >= 4 is 5.97 Å². The smallest absolute Gasteiger partial charge is 0.332 e. The average Bonchev–Trinajstić information content (AvgIpc) is 2.31. The van der Waals surface area contributed by atoms with Gasteiger partial charge in [0.05, 0.1) is 19.8 Å². The fraction of sp³-hybridized carbons (Fsp3) is 0.917. The standard InChI is InChI=1S/C12H25NO4/c1-3-5-6-13(7-9-14)8-10-16-11-12(15)17-4-2/h14H,3-11H2,1-2H3. The van der Waals surface area contributed by atoms with Crippen molar-refractivity contribution < 1.29 is 19.4 Å². The van der Waals surface area contributed by atoms with Crippen LogP contribution in [0, 0.1) is 0 Å². The molecule has 17 heavy (non-hydrogen) atoms. The van der Waals surface area contributed by atoms with Gasteiger partial charge in [-0.05, 0) is 19.9 Å². The molecule has 0 fully saturated rings. The third-order valence-corrected chi connectivity index (χ3v) is 2.32. The summed E-state index contributed by atoms with van der Waals surface area (Å²) in [6, 6.07) is 0. The summed E-state index contributed by atoms with van der Waals surface area (Å²) in [5.74, 6) is -0.324. The van der Waals surface area contributed by atoms with Crippen LogP contribution < -0.4 is 0 Å². The lowest BCUT2D eigenvalue weighted by atomic mass is 10.3. The molecule has 0 unspecified atom stereocenters. The summed E-state index contributed by atoms with van der Waals surface area (Å²) in [4.78, 5) is 13.1. The molecular weight excluding hydrogens is 222 g/mol. The Morgan fingerprint density at radius 1 is 1.24 bits per heavy atom. The fourth-order valence-electron chi connectivity index (χ4n) is 1.41. The summed E-state index contributed by atoms with van der Waals surface area (Å²) in [6.45, 7) is 7.29. The van der Waals surface area contributed by atoms with E-state index in [9.17, 15) is 4.79 Å². The van der Waals surface area contributed by atoms with E-state index in [0.29, 0.717) is 19.8 Å². The minimum Gasteiger partial charge on any atom is -0.464 e.